The third-order valence-electron chi connectivity index (χ3n) is 5.41. The summed E-state index contributed by atoms with van der Waals surface area (Å²) >= 11 is 0. The van der Waals surface area contributed by atoms with Gasteiger partial charge in [0.25, 0.3) is 0 Å². The molecule has 3 rings (SSSR count). The summed E-state index contributed by atoms with van der Waals surface area (Å²) in [5.74, 6) is 2.57. The zero-order valence-corrected chi connectivity index (χ0v) is 11.9. The minimum Gasteiger partial charge on any atom is -0.495 e. The molecule has 0 radical (unpaired) electrons. The normalized spacial score (nSPS) is 32.6. The van der Waals surface area contributed by atoms with Gasteiger partial charge in [-0.15, -0.1) is 0 Å². The van der Waals surface area contributed by atoms with Crippen LogP contribution in [0.3, 0.4) is 0 Å². The second-order valence-corrected chi connectivity index (χ2v) is 6.12. The Bertz CT molecular complexity index is 462. The van der Waals surface area contributed by atoms with Crippen molar-refractivity contribution in [2.75, 3.05) is 25.6 Å². The van der Waals surface area contributed by atoms with Crippen molar-refractivity contribution in [3.8, 4) is 5.75 Å². The first-order valence-corrected chi connectivity index (χ1v) is 7.28. The van der Waals surface area contributed by atoms with E-state index in [1.54, 1.807) is 7.11 Å². The molecule has 2 bridgehead atoms. The molecule has 2 aliphatic rings. The maximum absolute atomic E-state index is 6.20. The number of likely N-dealkylation sites (N-methyl/N-ethyl adjacent to an activating group) is 1. The van der Waals surface area contributed by atoms with Crippen LogP contribution in [0.15, 0.2) is 24.3 Å². The van der Waals surface area contributed by atoms with Gasteiger partial charge in [-0.1, -0.05) is 12.1 Å². The highest BCUT2D eigenvalue weighted by Crippen LogP contribution is 2.54. The number of fused-ring (bicyclic) bond motifs is 2. The van der Waals surface area contributed by atoms with Gasteiger partial charge in [-0.05, 0) is 49.7 Å². The molecule has 0 saturated heterocycles. The maximum atomic E-state index is 6.20. The summed E-state index contributed by atoms with van der Waals surface area (Å²) in [6, 6.07) is 8.27. The molecule has 3 heteroatoms. The molecule has 3 atom stereocenters. The number of para-hydroxylation sites is 2. The fourth-order valence-electron chi connectivity index (χ4n) is 4.36. The third-order valence-corrected chi connectivity index (χ3v) is 5.41. The van der Waals surface area contributed by atoms with Gasteiger partial charge in [0.05, 0.1) is 18.3 Å². The maximum Gasteiger partial charge on any atom is 0.142 e. The van der Waals surface area contributed by atoms with Crippen LogP contribution in [0.1, 0.15) is 25.7 Å². The van der Waals surface area contributed by atoms with Gasteiger partial charge in [0.2, 0.25) is 0 Å². The zero-order chi connectivity index (χ0) is 13.5. The monoisotopic (exact) mass is 260 g/mol. The number of benzene rings is 1. The van der Waals surface area contributed by atoms with Crippen LogP contribution >= 0.6 is 0 Å². The SMILES string of the molecule is COc1ccccc1N(C)C1(CN)CC2CCC1C2. The highest BCUT2D eigenvalue weighted by Gasteiger charge is 2.52. The molecule has 2 N–H and O–H groups in total. The number of nitrogens with two attached hydrogens (primary N) is 1. The minimum absolute atomic E-state index is 0.136. The molecule has 1 aromatic carbocycles. The van der Waals surface area contributed by atoms with E-state index in [9.17, 15) is 0 Å². The van der Waals surface area contributed by atoms with Crippen LogP contribution in [0.2, 0.25) is 0 Å². The number of anilines is 1. The fraction of sp³-hybridized carbons (Fsp3) is 0.625. The van der Waals surface area contributed by atoms with E-state index in [2.05, 4.69) is 24.1 Å². The molecular formula is C16H24N2O. The van der Waals surface area contributed by atoms with Gasteiger partial charge in [-0.2, -0.15) is 0 Å². The summed E-state index contributed by atoms with van der Waals surface area (Å²) in [5.41, 5.74) is 7.51. The first-order chi connectivity index (χ1) is 9.21. The van der Waals surface area contributed by atoms with Crippen molar-refractivity contribution in [3.63, 3.8) is 0 Å². The highest BCUT2D eigenvalue weighted by molar-refractivity contribution is 5.60. The molecule has 0 spiro atoms. The van der Waals surface area contributed by atoms with Crippen molar-refractivity contribution in [2.24, 2.45) is 17.6 Å². The Hall–Kier alpha value is -1.22. The standard InChI is InChI=1S/C16H24N2O/c1-18(14-5-3-4-6-15(14)19-2)16(11-17)10-12-7-8-13(16)9-12/h3-6,12-13H,7-11,17H2,1-2H3. The smallest absolute Gasteiger partial charge is 0.142 e. The molecule has 0 heterocycles. The summed E-state index contributed by atoms with van der Waals surface area (Å²) in [5, 5.41) is 0. The predicted molar refractivity (Wildman–Crippen MR) is 78.6 cm³/mol. The van der Waals surface area contributed by atoms with E-state index in [0.717, 1.165) is 24.1 Å². The van der Waals surface area contributed by atoms with Crippen LogP contribution in [-0.2, 0) is 0 Å². The topological polar surface area (TPSA) is 38.5 Å². The van der Waals surface area contributed by atoms with Crippen LogP contribution in [0, 0.1) is 11.8 Å². The minimum atomic E-state index is 0.136. The molecular weight excluding hydrogens is 236 g/mol. The Morgan fingerprint density at radius 1 is 1.37 bits per heavy atom. The van der Waals surface area contributed by atoms with Crippen molar-refractivity contribution in [3.05, 3.63) is 24.3 Å². The number of hydrogen-bond acceptors (Lipinski definition) is 3. The molecule has 3 unspecified atom stereocenters. The Morgan fingerprint density at radius 2 is 2.16 bits per heavy atom. The van der Waals surface area contributed by atoms with Crippen LogP contribution in [0.25, 0.3) is 0 Å². The number of methoxy groups -OCH3 is 1. The first-order valence-electron chi connectivity index (χ1n) is 7.28. The van der Waals surface area contributed by atoms with E-state index >= 15 is 0 Å². The second-order valence-electron chi connectivity index (χ2n) is 6.12. The Kier molecular flexibility index (Phi) is 3.17. The van der Waals surface area contributed by atoms with Crippen molar-refractivity contribution in [1.82, 2.24) is 0 Å². The summed E-state index contributed by atoms with van der Waals surface area (Å²) < 4.78 is 5.51. The Morgan fingerprint density at radius 3 is 2.74 bits per heavy atom. The van der Waals surface area contributed by atoms with Gasteiger partial charge in [-0.25, -0.2) is 0 Å². The third kappa shape index (κ3) is 1.83. The van der Waals surface area contributed by atoms with Crippen LogP contribution in [-0.4, -0.2) is 26.2 Å². The molecule has 2 aliphatic carbocycles. The molecule has 3 nitrogen and oxygen atoms in total. The summed E-state index contributed by atoms with van der Waals surface area (Å²) in [6.07, 6.45) is 5.33. The van der Waals surface area contributed by atoms with Crippen LogP contribution < -0.4 is 15.4 Å². The number of nitrogens with zero attached hydrogens (tertiary/aromatic N) is 1. The van der Waals surface area contributed by atoms with Crippen molar-refractivity contribution >= 4 is 5.69 Å². The fourth-order valence-corrected chi connectivity index (χ4v) is 4.36. The molecule has 104 valence electrons. The molecule has 19 heavy (non-hydrogen) atoms. The van der Waals surface area contributed by atoms with Gasteiger partial charge in [0.15, 0.2) is 0 Å². The van der Waals surface area contributed by atoms with Crippen molar-refractivity contribution in [2.45, 2.75) is 31.2 Å². The van der Waals surface area contributed by atoms with E-state index in [-0.39, 0.29) is 5.54 Å². The lowest BCUT2D eigenvalue weighted by Gasteiger charge is -2.46. The first kappa shape index (κ1) is 12.8. The van der Waals surface area contributed by atoms with Gasteiger partial charge in [0.1, 0.15) is 5.75 Å². The molecule has 0 aliphatic heterocycles. The summed E-state index contributed by atoms with van der Waals surface area (Å²) in [6.45, 7) is 0.739. The lowest BCUT2D eigenvalue weighted by Crippen LogP contribution is -2.56. The molecule has 2 fully saturated rings. The van der Waals surface area contributed by atoms with Crippen molar-refractivity contribution in [1.29, 1.82) is 0 Å². The van der Waals surface area contributed by atoms with Gasteiger partial charge in [0, 0.05) is 13.6 Å². The van der Waals surface area contributed by atoms with Crippen molar-refractivity contribution < 1.29 is 4.74 Å². The van der Waals surface area contributed by atoms with E-state index in [0.29, 0.717) is 0 Å². The quantitative estimate of drug-likeness (QED) is 0.904. The van der Waals surface area contributed by atoms with Crippen LogP contribution in [0.5, 0.6) is 5.75 Å². The average Bonchev–Trinajstić information content (AvgIpc) is 3.07. The van der Waals surface area contributed by atoms with E-state index < -0.39 is 0 Å². The largest absolute Gasteiger partial charge is 0.495 e. The Balaban J connectivity index is 1.96. The lowest BCUT2D eigenvalue weighted by atomic mass is 9.79. The van der Waals surface area contributed by atoms with Crippen LogP contribution in [0.4, 0.5) is 5.69 Å². The summed E-state index contributed by atoms with van der Waals surface area (Å²) in [7, 11) is 3.92. The number of ether oxygens (including phenoxy) is 1. The summed E-state index contributed by atoms with van der Waals surface area (Å²) in [4.78, 5) is 2.40. The molecule has 2 saturated carbocycles. The van der Waals surface area contributed by atoms with Gasteiger partial charge < -0.3 is 15.4 Å². The molecule has 1 aromatic rings. The molecule has 0 amide bonds. The number of rotatable bonds is 4. The molecule has 0 aromatic heterocycles. The Labute approximate surface area is 115 Å². The highest BCUT2D eigenvalue weighted by atomic mass is 16.5. The number of hydrogen-bond donors (Lipinski definition) is 1. The average molecular weight is 260 g/mol. The van der Waals surface area contributed by atoms with E-state index in [1.165, 1.54) is 31.4 Å². The predicted octanol–water partition coefficient (Wildman–Crippen LogP) is 2.65. The van der Waals surface area contributed by atoms with E-state index in [4.69, 9.17) is 10.5 Å². The zero-order valence-electron chi connectivity index (χ0n) is 11.9. The van der Waals surface area contributed by atoms with E-state index in [1.807, 2.05) is 12.1 Å². The second kappa shape index (κ2) is 4.71. The van der Waals surface area contributed by atoms with Gasteiger partial charge >= 0.3 is 0 Å². The van der Waals surface area contributed by atoms with Gasteiger partial charge in [-0.3, -0.25) is 0 Å². The lowest BCUT2D eigenvalue weighted by molar-refractivity contribution is 0.265.